The number of para-hydroxylation sites is 2. The third-order valence-electron chi connectivity index (χ3n) is 6.11. The molecular formula is C24H27N9O2. The van der Waals surface area contributed by atoms with Crippen LogP contribution in [0, 0.1) is 0 Å². The number of tetrazole rings is 1. The van der Waals surface area contributed by atoms with Crippen LogP contribution < -0.4 is 5.32 Å². The van der Waals surface area contributed by atoms with Gasteiger partial charge in [0.25, 0.3) is 5.91 Å². The summed E-state index contributed by atoms with van der Waals surface area (Å²) in [5.41, 5.74) is 3.47. The Kier molecular flexibility index (Phi) is 6.23. The van der Waals surface area contributed by atoms with Gasteiger partial charge in [-0.1, -0.05) is 12.1 Å². The average molecular weight is 474 g/mol. The Morgan fingerprint density at radius 3 is 2.43 bits per heavy atom. The number of amides is 2. The highest BCUT2D eigenvalue weighted by Gasteiger charge is 2.24. The van der Waals surface area contributed by atoms with Crippen molar-refractivity contribution < 1.29 is 9.59 Å². The van der Waals surface area contributed by atoms with Crippen molar-refractivity contribution in [3.05, 3.63) is 54.1 Å². The van der Waals surface area contributed by atoms with Crippen LogP contribution in [0.4, 0.5) is 11.5 Å². The highest BCUT2D eigenvalue weighted by molar-refractivity contribution is 5.95. The molecule has 1 aliphatic heterocycles. The molecule has 180 valence electrons. The van der Waals surface area contributed by atoms with Gasteiger partial charge in [0.05, 0.1) is 11.0 Å². The summed E-state index contributed by atoms with van der Waals surface area (Å²) in [6.07, 6.45) is 0.499. The summed E-state index contributed by atoms with van der Waals surface area (Å²) in [5, 5.41) is 15.2. The number of carbonyl (C=O) groups is 2. The van der Waals surface area contributed by atoms with Gasteiger partial charge in [-0.05, 0) is 60.9 Å². The van der Waals surface area contributed by atoms with Gasteiger partial charge >= 0.3 is 0 Å². The second-order valence-electron chi connectivity index (χ2n) is 8.79. The molecule has 2 amide bonds. The number of nitrogens with one attached hydrogen (secondary N) is 1. The van der Waals surface area contributed by atoms with Crippen LogP contribution >= 0.6 is 0 Å². The van der Waals surface area contributed by atoms with Gasteiger partial charge in [0.2, 0.25) is 11.6 Å². The topological polar surface area (TPSA) is 112 Å². The molecule has 0 unspecified atom stereocenters. The van der Waals surface area contributed by atoms with Crippen molar-refractivity contribution in [2.24, 2.45) is 0 Å². The summed E-state index contributed by atoms with van der Waals surface area (Å²) in [4.78, 5) is 35.6. The summed E-state index contributed by atoms with van der Waals surface area (Å²) < 4.78 is 1.65. The maximum atomic E-state index is 13.0. The lowest BCUT2D eigenvalue weighted by Crippen LogP contribution is -2.50. The molecule has 1 aliphatic rings. The summed E-state index contributed by atoms with van der Waals surface area (Å²) >= 11 is 0. The zero-order valence-electron chi connectivity index (χ0n) is 19.8. The molecule has 0 spiro atoms. The molecule has 0 radical (unpaired) electrons. The Morgan fingerprint density at radius 2 is 1.69 bits per heavy atom. The molecule has 2 aromatic heterocycles. The lowest BCUT2D eigenvalue weighted by atomic mass is 10.1. The smallest absolute Gasteiger partial charge is 0.253 e. The molecule has 3 heterocycles. The van der Waals surface area contributed by atoms with E-state index in [1.807, 2.05) is 60.3 Å². The van der Waals surface area contributed by atoms with Crippen LogP contribution in [0.15, 0.2) is 48.5 Å². The van der Waals surface area contributed by atoms with Crippen LogP contribution in [0.2, 0.25) is 0 Å². The van der Waals surface area contributed by atoms with Gasteiger partial charge in [-0.25, -0.2) is 4.98 Å². The number of hydrogen-bond acceptors (Lipinski definition) is 8. The van der Waals surface area contributed by atoms with Crippen molar-refractivity contribution in [2.45, 2.75) is 6.42 Å². The maximum absolute atomic E-state index is 13.0. The minimum Gasteiger partial charge on any atom is -0.339 e. The van der Waals surface area contributed by atoms with E-state index in [4.69, 9.17) is 0 Å². The standard InChI is InChI=1S/C24H27N9O2/c1-30(2)12-11-21(34)31-13-15-32(16-14-31)24(35)17-7-9-18(10-8-17)25-22-23-27-28-29-33(23)20-6-4-3-5-19(20)26-22/h3-10H,11-16H2,1-2H3,(H,25,26). The molecule has 1 fully saturated rings. The van der Waals surface area contributed by atoms with Crippen LogP contribution in [-0.2, 0) is 4.79 Å². The summed E-state index contributed by atoms with van der Waals surface area (Å²) in [6, 6.07) is 14.9. The molecule has 1 N–H and O–H groups in total. The zero-order valence-corrected chi connectivity index (χ0v) is 19.8. The second-order valence-corrected chi connectivity index (χ2v) is 8.79. The summed E-state index contributed by atoms with van der Waals surface area (Å²) in [5.74, 6) is 0.633. The fraction of sp³-hybridized carbons (Fsp3) is 0.333. The first-order valence-electron chi connectivity index (χ1n) is 11.6. The summed E-state index contributed by atoms with van der Waals surface area (Å²) in [6.45, 7) is 2.92. The number of anilines is 2. The zero-order chi connectivity index (χ0) is 24.4. The van der Waals surface area contributed by atoms with Gasteiger partial charge < -0.3 is 20.0 Å². The van der Waals surface area contributed by atoms with E-state index >= 15 is 0 Å². The summed E-state index contributed by atoms with van der Waals surface area (Å²) in [7, 11) is 3.91. The van der Waals surface area contributed by atoms with Crippen molar-refractivity contribution in [2.75, 3.05) is 52.1 Å². The van der Waals surface area contributed by atoms with Gasteiger partial charge in [-0.3, -0.25) is 9.59 Å². The first kappa shape index (κ1) is 22.7. The Labute approximate surface area is 202 Å². The molecule has 0 atom stereocenters. The molecular weight excluding hydrogens is 446 g/mol. The predicted molar refractivity (Wildman–Crippen MR) is 131 cm³/mol. The molecule has 4 aromatic rings. The van der Waals surface area contributed by atoms with Crippen LogP contribution in [0.3, 0.4) is 0 Å². The van der Waals surface area contributed by atoms with Gasteiger partial charge in [0.1, 0.15) is 0 Å². The fourth-order valence-corrected chi connectivity index (χ4v) is 4.14. The third kappa shape index (κ3) is 4.76. The SMILES string of the molecule is CN(C)CCC(=O)N1CCN(C(=O)c2ccc(Nc3nc4ccccc4n4nnnc34)cc2)CC1. The number of piperazine rings is 1. The van der Waals surface area contributed by atoms with E-state index in [1.54, 1.807) is 21.5 Å². The van der Waals surface area contributed by atoms with Gasteiger partial charge in [0, 0.05) is 50.4 Å². The van der Waals surface area contributed by atoms with E-state index < -0.39 is 0 Å². The van der Waals surface area contributed by atoms with Gasteiger partial charge in [-0.15, -0.1) is 5.10 Å². The minimum atomic E-state index is -0.0372. The van der Waals surface area contributed by atoms with E-state index in [2.05, 4.69) is 25.8 Å². The Morgan fingerprint density at radius 1 is 0.971 bits per heavy atom. The molecule has 11 nitrogen and oxygen atoms in total. The van der Waals surface area contributed by atoms with E-state index in [0.29, 0.717) is 49.6 Å². The maximum Gasteiger partial charge on any atom is 0.253 e. The minimum absolute atomic E-state index is 0.0372. The fourth-order valence-electron chi connectivity index (χ4n) is 4.14. The largest absolute Gasteiger partial charge is 0.339 e. The van der Waals surface area contributed by atoms with E-state index in [1.165, 1.54) is 0 Å². The number of rotatable bonds is 6. The highest BCUT2D eigenvalue weighted by atomic mass is 16.2. The molecule has 0 bridgehead atoms. The van der Waals surface area contributed by atoms with E-state index in [9.17, 15) is 9.59 Å². The monoisotopic (exact) mass is 473 g/mol. The number of aromatic nitrogens is 5. The number of carbonyl (C=O) groups excluding carboxylic acids is 2. The first-order valence-corrected chi connectivity index (χ1v) is 11.6. The Hall–Kier alpha value is -4.12. The van der Waals surface area contributed by atoms with Crippen LogP contribution in [-0.4, -0.2) is 98.4 Å². The lowest BCUT2D eigenvalue weighted by Gasteiger charge is -2.35. The third-order valence-corrected chi connectivity index (χ3v) is 6.11. The molecule has 0 saturated carbocycles. The van der Waals surface area contributed by atoms with Crippen molar-refractivity contribution >= 4 is 40.0 Å². The quantitative estimate of drug-likeness (QED) is 0.450. The number of benzene rings is 2. The Balaban J connectivity index is 1.24. The van der Waals surface area contributed by atoms with E-state index in [0.717, 1.165) is 23.3 Å². The Bertz CT molecular complexity index is 1360. The molecule has 0 aliphatic carbocycles. The molecule has 1 saturated heterocycles. The van der Waals surface area contributed by atoms with Crippen LogP contribution in [0.25, 0.3) is 16.7 Å². The van der Waals surface area contributed by atoms with Crippen LogP contribution in [0.5, 0.6) is 0 Å². The van der Waals surface area contributed by atoms with Crippen molar-refractivity contribution in [3.63, 3.8) is 0 Å². The van der Waals surface area contributed by atoms with Crippen molar-refractivity contribution in [1.29, 1.82) is 0 Å². The van der Waals surface area contributed by atoms with Gasteiger partial charge in [-0.2, -0.15) is 4.52 Å². The average Bonchev–Trinajstić information content (AvgIpc) is 3.38. The number of nitrogens with zero attached hydrogens (tertiary/aromatic N) is 8. The predicted octanol–water partition coefficient (Wildman–Crippen LogP) is 1.65. The van der Waals surface area contributed by atoms with E-state index in [-0.39, 0.29) is 11.8 Å². The number of hydrogen-bond donors (Lipinski definition) is 1. The van der Waals surface area contributed by atoms with Crippen molar-refractivity contribution in [3.8, 4) is 0 Å². The lowest BCUT2D eigenvalue weighted by molar-refractivity contribution is -0.132. The highest BCUT2D eigenvalue weighted by Crippen LogP contribution is 2.23. The van der Waals surface area contributed by atoms with Gasteiger partial charge in [0.15, 0.2) is 5.82 Å². The van der Waals surface area contributed by atoms with Crippen LogP contribution in [0.1, 0.15) is 16.8 Å². The number of fused-ring (bicyclic) bond motifs is 3. The molecule has 11 heteroatoms. The van der Waals surface area contributed by atoms with Crippen molar-refractivity contribution in [1.82, 2.24) is 39.7 Å². The molecule has 2 aromatic carbocycles. The normalized spacial score (nSPS) is 14.1. The first-order chi connectivity index (χ1) is 17.0. The molecule has 35 heavy (non-hydrogen) atoms. The second kappa shape index (κ2) is 9.63. The molecule has 5 rings (SSSR count).